The standard InChI is InChI=1S/C16H20N2O4/c19-13-9-18(8-11(13)7-14(20)21)16(22)12-5-1-3-10-4-2-6-17-15(10)12/h1,3,5,11,13,17,19H,2,4,6-9H2,(H,20,21)/t11-,13-/m1/s1. The summed E-state index contributed by atoms with van der Waals surface area (Å²) in [4.78, 5) is 25.1. The van der Waals surface area contributed by atoms with Crippen LogP contribution in [0.3, 0.4) is 0 Å². The number of nitrogens with one attached hydrogen (secondary N) is 1. The van der Waals surface area contributed by atoms with Gasteiger partial charge in [0.1, 0.15) is 0 Å². The second kappa shape index (κ2) is 5.96. The minimum absolute atomic E-state index is 0.115. The molecule has 6 heteroatoms. The number of likely N-dealkylation sites (tertiary alicyclic amines) is 1. The Balaban J connectivity index is 1.79. The maximum Gasteiger partial charge on any atom is 0.303 e. The number of nitrogens with zero attached hydrogens (tertiary/aromatic N) is 1. The van der Waals surface area contributed by atoms with Crippen LogP contribution in [0.1, 0.15) is 28.8 Å². The van der Waals surface area contributed by atoms with E-state index in [1.54, 1.807) is 11.0 Å². The average Bonchev–Trinajstić information content (AvgIpc) is 2.86. The number of hydrogen-bond acceptors (Lipinski definition) is 4. The molecule has 3 N–H and O–H groups in total. The largest absolute Gasteiger partial charge is 0.481 e. The van der Waals surface area contributed by atoms with Crippen molar-refractivity contribution in [1.82, 2.24) is 4.90 Å². The predicted molar refractivity (Wildman–Crippen MR) is 80.9 cm³/mol. The number of anilines is 1. The first kappa shape index (κ1) is 14.8. The van der Waals surface area contributed by atoms with E-state index in [-0.39, 0.29) is 25.4 Å². The smallest absolute Gasteiger partial charge is 0.303 e. The van der Waals surface area contributed by atoms with Gasteiger partial charge in [0.05, 0.1) is 23.8 Å². The van der Waals surface area contributed by atoms with Gasteiger partial charge in [-0.1, -0.05) is 12.1 Å². The van der Waals surface area contributed by atoms with Gasteiger partial charge in [-0.25, -0.2) is 0 Å². The molecular formula is C16H20N2O4. The van der Waals surface area contributed by atoms with Crippen LogP contribution < -0.4 is 5.32 Å². The molecule has 0 spiro atoms. The Hall–Kier alpha value is -2.08. The minimum atomic E-state index is -0.947. The van der Waals surface area contributed by atoms with Gasteiger partial charge in [0.15, 0.2) is 0 Å². The number of aliphatic hydroxyl groups is 1. The van der Waals surface area contributed by atoms with E-state index in [0.29, 0.717) is 5.56 Å². The Labute approximate surface area is 128 Å². The SMILES string of the molecule is O=C(O)C[C@@H]1CN(C(=O)c2cccc3c2NCCC3)C[C@H]1O. The fraction of sp³-hybridized carbons (Fsp3) is 0.500. The normalized spacial score (nSPS) is 23.8. The van der Waals surface area contributed by atoms with E-state index in [1.165, 1.54) is 0 Å². The first-order valence-corrected chi connectivity index (χ1v) is 7.61. The van der Waals surface area contributed by atoms with Crippen LogP contribution in [0.15, 0.2) is 18.2 Å². The van der Waals surface area contributed by atoms with Gasteiger partial charge < -0.3 is 20.4 Å². The van der Waals surface area contributed by atoms with Crippen molar-refractivity contribution in [3.63, 3.8) is 0 Å². The lowest BCUT2D eigenvalue weighted by molar-refractivity contribution is -0.138. The van der Waals surface area contributed by atoms with Crippen LogP contribution >= 0.6 is 0 Å². The Kier molecular flexibility index (Phi) is 4.02. The van der Waals surface area contributed by atoms with Gasteiger partial charge >= 0.3 is 5.97 Å². The molecular weight excluding hydrogens is 284 g/mol. The third-order valence-electron chi connectivity index (χ3n) is 4.44. The summed E-state index contributed by atoms with van der Waals surface area (Å²) in [5.41, 5.74) is 2.63. The number of amides is 1. The number of para-hydroxylation sites is 1. The highest BCUT2D eigenvalue weighted by Gasteiger charge is 2.36. The van der Waals surface area contributed by atoms with Crippen LogP contribution in [0.2, 0.25) is 0 Å². The molecule has 2 aliphatic rings. The predicted octanol–water partition coefficient (Wildman–Crippen LogP) is 0.952. The van der Waals surface area contributed by atoms with E-state index >= 15 is 0 Å². The van der Waals surface area contributed by atoms with Gasteiger partial charge in [0, 0.05) is 25.6 Å². The molecule has 3 rings (SSSR count). The average molecular weight is 304 g/mol. The molecule has 1 fully saturated rings. The number of fused-ring (bicyclic) bond motifs is 1. The van der Waals surface area contributed by atoms with E-state index in [1.807, 2.05) is 12.1 Å². The maximum atomic E-state index is 12.7. The molecule has 0 unspecified atom stereocenters. The van der Waals surface area contributed by atoms with E-state index in [2.05, 4.69) is 5.32 Å². The van der Waals surface area contributed by atoms with Gasteiger partial charge in [-0.3, -0.25) is 9.59 Å². The molecule has 22 heavy (non-hydrogen) atoms. The Morgan fingerprint density at radius 2 is 2.14 bits per heavy atom. The van der Waals surface area contributed by atoms with Crippen molar-refractivity contribution in [3.05, 3.63) is 29.3 Å². The molecule has 0 aliphatic carbocycles. The summed E-state index contributed by atoms with van der Waals surface area (Å²) in [6.07, 6.45) is 1.12. The van der Waals surface area contributed by atoms with Crippen LogP contribution in [-0.2, 0) is 11.2 Å². The number of β-amino-alcohol motifs (C(OH)–C–C–N with tert-alkyl or cyclic N) is 1. The molecule has 6 nitrogen and oxygen atoms in total. The lowest BCUT2D eigenvalue weighted by Crippen LogP contribution is -2.31. The van der Waals surface area contributed by atoms with Gasteiger partial charge in [-0.15, -0.1) is 0 Å². The van der Waals surface area contributed by atoms with E-state index in [0.717, 1.165) is 30.6 Å². The number of aliphatic carboxylic acids is 1. The number of hydrogen-bond donors (Lipinski definition) is 3. The number of benzene rings is 1. The molecule has 0 bridgehead atoms. The summed E-state index contributed by atoms with van der Waals surface area (Å²) in [6.45, 7) is 1.33. The van der Waals surface area contributed by atoms with Crippen molar-refractivity contribution in [2.24, 2.45) is 5.92 Å². The molecule has 2 heterocycles. The fourth-order valence-electron chi connectivity index (χ4n) is 3.30. The Morgan fingerprint density at radius 3 is 2.91 bits per heavy atom. The van der Waals surface area contributed by atoms with Crippen molar-refractivity contribution in [1.29, 1.82) is 0 Å². The second-order valence-electron chi connectivity index (χ2n) is 6.01. The van der Waals surface area contributed by atoms with E-state index < -0.39 is 18.0 Å². The molecule has 0 aromatic heterocycles. The summed E-state index contributed by atoms with van der Waals surface area (Å²) in [7, 11) is 0. The number of aryl methyl sites for hydroxylation is 1. The van der Waals surface area contributed by atoms with Crippen molar-refractivity contribution >= 4 is 17.6 Å². The highest BCUT2D eigenvalue weighted by Crippen LogP contribution is 2.29. The first-order chi connectivity index (χ1) is 10.6. The third-order valence-corrected chi connectivity index (χ3v) is 4.44. The summed E-state index contributed by atoms with van der Waals surface area (Å²) >= 11 is 0. The number of aliphatic hydroxyl groups excluding tert-OH is 1. The van der Waals surface area contributed by atoms with Gasteiger partial charge in [-0.2, -0.15) is 0 Å². The molecule has 1 amide bonds. The van der Waals surface area contributed by atoms with Crippen LogP contribution in [-0.4, -0.2) is 52.7 Å². The van der Waals surface area contributed by atoms with E-state index in [4.69, 9.17) is 5.11 Å². The maximum absolute atomic E-state index is 12.7. The summed E-state index contributed by atoms with van der Waals surface area (Å²) in [5.74, 6) is -1.48. The molecule has 0 radical (unpaired) electrons. The van der Waals surface area contributed by atoms with Crippen molar-refractivity contribution in [2.75, 3.05) is 25.0 Å². The highest BCUT2D eigenvalue weighted by atomic mass is 16.4. The number of carbonyl (C=O) groups is 2. The van der Waals surface area contributed by atoms with Crippen molar-refractivity contribution < 1.29 is 19.8 Å². The van der Waals surface area contributed by atoms with E-state index in [9.17, 15) is 14.7 Å². The Morgan fingerprint density at radius 1 is 1.32 bits per heavy atom. The summed E-state index contributed by atoms with van der Waals surface area (Å²) in [5, 5.41) is 22.1. The number of carboxylic acid groups (broad SMARTS) is 1. The first-order valence-electron chi connectivity index (χ1n) is 7.61. The Bertz CT molecular complexity index is 602. The summed E-state index contributed by atoms with van der Waals surface area (Å²) in [6, 6.07) is 5.68. The zero-order valence-electron chi connectivity index (χ0n) is 12.3. The topological polar surface area (TPSA) is 89.9 Å². The highest BCUT2D eigenvalue weighted by molar-refractivity contribution is 6.00. The minimum Gasteiger partial charge on any atom is -0.481 e. The van der Waals surface area contributed by atoms with Crippen LogP contribution in [0.25, 0.3) is 0 Å². The molecule has 2 aliphatic heterocycles. The monoisotopic (exact) mass is 304 g/mol. The molecule has 1 saturated heterocycles. The zero-order chi connectivity index (χ0) is 15.7. The van der Waals surface area contributed by atoms with Gasteiger partial charge in [-0.05, 0) is 24.5 Å². The molecule has 118 valence electrons. The van der Waals surface area contributed by atoms with Crippen LogP contribution in [0, 0.1) is 5.92 Å². The van der Waals surface area contributed by atoms with Crippen molar-refractivity contribution in [3.8, 4) is 0 Å². The zero-order valence-corrected chi connectivity index (χ0v) is 12.3. The van der Waals surface area contributed by atoms with Crippen LogP contribution in [0.4, 0.5) is 5.69 Å². The number of rotatable bonds is 3. The van der Waals surface area contributed by atoms with Gasteiger partial charge in [0.2, 0.25) is 0 Å². The molecule has 1 aromatic rings. The van der Waals surface area contributed by atoms with Crippen molar-refractivity contribution in [2.45, 2.75) is 25.4 Å². The number of carboxylic acids is 1. The fourth-order valence-corrected chi connectivity index (χ4v) is 3.30. The third kappa shape index (κ3) is 2.78. The lowest BCUT2D eigenvalue weighted by atomic mass is 9.99. The summed E-state index contributed by atoms with van der Waals surface area (Å²) < 4.78 is 0. The number of carbonyl (C=O) groups excluding carboxylic acids is 1. The lowest BCUT2D eigenvalue weighted by Gasteiger charge is -2.23. The molecule has 1 aromatic carbocycles. The van der Waals surface area contributed by atoms with Crippen LogP contribution in [0.5, 0.6) is 0 Å². The molecule has 0 saturated carbocycles. The quantitative estimate of drug-likeness (QED) is 0.773. The van der Waals surface area contributed by atoms with Gasteiger partial charge in [0.25, 0.3) is 5.91 Å². The molecule has 2 atom stereocenters. The second-order valence-corrected chi connectivity index (χ2v) is 6.01.